The Kier molecular flexibility index (Phi) is 12.4. The number of anilines is 2. The van der Waals surface area contributed by atoms with Gasteiger partial charge in [-0.2, -0.15) is 0 Å². The third-order valence-electron chi connectivity index (χ3n) is 11.6. The molecule has 9 rings (SSSR count). The van der Waals surface area contributed by atoms with E-state index in [4.69, 9.17) is 4.98 Å². The minimum atomic E-state index is 0.336. The molecule has 1 unspecified atom stereocenters. The van der Waals surface area contributed by atoms with Crippen molar-refractivity contribution in [3.8, 4) is 22.3 Å². The zero-order chi connectivity index (χ0) is 37.4. The number of hydrogen-bond acceptors (Lipinski definition) is 11. The molecule has 6 aromatic rings. The van der Waals surface area contributed by atoms with Gasteiger partial charge in [0.1, 0.15) is 34.0 Å². The predicted molar refractivity (Wildman–Crippen MR) is 230 cm³/mol. The van der Waals surface area contributed by atoms with Crippen molar-refractivity contribution in [3.05, 3.63) is 96.7 Å². The van der Waals surface area contributed by atoms with Crippen LogP contribution >= 0.6 is 22.7 Å². The first-order valence-electron chi connectivity index (χ1n) is 19.9. The summed E-state index contributed by atoms with van der Waals surface area (Å²) in [6.07, 6.45) is 11.3. The van der Waals surface area contributed by atoms with E-state index in [9.17, 15) is 5.11 Å². The van der Waals surface area contributed by atoms with Gasteiger partial charge in [-0.05, 0) is 74.1 Å². The van der Waals surface area contributed by atoms with Crippen LogP contribution in [0, 0.1) is 17.8 Å². The van der Waals surface area contributed by atoms with Gasteiger partial charge in [-0.15, -0.1) is 29.3 Å². The number of piperidine rings is 2. The molecule has 3 fully saturated rings. The monoisotopic (exact) mass is 772 g/mol. The van der Waals surface area contributed by atoms with Crippen LogP contribution in [0.4, 0.5) is 11.6 Å². The topological polar surface area (TPSA) is 93.5 Å². The van der Waals surface area contributed by atoms with Crippen molar-refractivity contribution < 1.29 is 5.11 Å². The van der Waals surface area contributed by atoms with Gasteiger partial charge in [0, 0.05) is 74.3 Å². The molecule has 0 saturated carbocycles. The summed E-state index contributed by atoms with van der Waals surface area (Å²) in [5.41, 5.74) is 4.96. The highest BCUT2D eigenvalue weighted by atomic mass is 32.1. The molecule has 0 spiro atoms. The van der Waals surface area contributed by atoms with E-state index < -0.39 is 0 Å². The Morgan fingerprint density at radius 1 is 0.673 bits per heavy atom. The highest BCUT2D eigenvalue weighted by Gasteiger charge is 2.28. The summed E-state index contributed by atoms with van der Waals surface area (Å²) in [5, 5.41) is 19.7. The van der Waals surface area contributed by atoms with Crippen LogP contribution in [0.3, 0.4) is 0 Å². The van der Waals surface area contributed by atoms with E-state index in [1.54, 1.807) is 35.3 Å². The van der Waals surface area contributed by atoms with Gasteiger partial charge in [0.15, 0.2) is 0 Å². The van der Waals surface area contributed by atoms with Crippen molar-refractivity contribution in [2.45, 2.75) is 32.1 Å². The third kappa shape index (κ3) is 8.76. The number of hydrogen-bond donors (Lipinski definition) is 2. The molecule has 55 heavy (non-hydrogen) atoms. The van der Waals surface area contributed by atoms with Crippen LogP contribution in [0.1, 0.15) is 32.1 Å². The van der Waals surface area contributed by atoms with Crippen LogP contribution in [0.2, 0.25) is 0 Å². The molecule has 2 N–H and O–H groups in total. The molecule has 3 aliphatic heterocycles. The van der Waals surface area contributed by atoms with Crippen molar-refractivity contribution in [2.75, 3.05) is 75.3 Å². The van der Waals surface area contributed by atoms with Gasteiger partial charge < -0.3 is 25.1 Å². The lowest BCUT2D eigenvalue weighted by Gasteiger charge is -2.35. The summed E-state index contributed by atoms with van der Waals surface area (Å²) in [7, 11) is 0. The second-order valence-corrected chi connectivity index (χ2v) is 16.9. The summed E-state index contributed by atoms with van der Waals surface area (Å²) in [6.45, 7) is 13.7. The highest BCUT2D eigenvalue weighted by molar-refractivity contribution is 7.17. The molecule has 2 aromatic carbocycles. The summed E-state index contributed by atoms with van der Waals surface area (Å²) in [4.78, 5) is 28.0. The fourth-order valence-corrected chi connectivity index (χ4v) is 10.3. The number of rotatable bonds is 11. The van der Waals surface area contributed by atoms with E-state index in [1.807, 2.05) is 6.08 Å². The second kappa shape index (κ2) is 18.1. The smallest absolute Gasteiger partial charge is 0.141 e. The normalized spacial score (nSPS) is 18.5. The van der Waals surface area contributed by atoms with Gasteiger partial charge in [-0.25, -0.2) is 19.9 Å². The number of nitrogens with one attached hydrogen (secondary N) is 1. The molecule has 286 valence electrons. The summed E-state index contributed by atoms with van der Waals surface area (Å²) in [5.74, 6) is 4.15. The number of thiophene rings is 2. The van der Waals surface area contributed by atoms with Gasteiger partial charge in [-0.3, -0.25) is 0 Å². The molecule has 0 radical (unpaired) electrons. The number of nitrogens with zero attached hydrogens (tertiary/aromatic N) is 7. The first-order chi connectivity index (χ1) is 27.2. The lowest BCUT2D eigenvalue weighted by molar-refractivity contribution is 0.205. The second-order valence-electron chi connectivity index (χ2n) is 15.2. The molecular formula is C44H52N8OS2. The Bertz CT molecular complexity index is 2120. The van der Waals surface area contributed by atoms with Crippen molar-refractivity contribution in [1.82, 2.24) is 30.2 Å². The van der Waals surface area contributed by atoms with Gasteiger partial charge in [-0.1, -0.05) is 66.7 Å². The van der Waals surface area contributed by atoms with Crippen molar-refractivity contribution >= 4 is 54.7 Å². The van der Waals surface area contributed by atoms with Gasteiger partial charge in [0.25, 0.3) is 0 Å². The fraction of sp³-hybridized carbons (Fsp3) is 0.409. The number of fused-ring (bicyclic) bond motifs is 2. The quantitative estimate of drug-likeness (QED) is 0.0998. The first-order valence-corrected chi connectivity index (χ1v) is 21.6. The van der Waals surface area contributed by atoms with Crippen LogP contribution in [-0.2, 0) is 0 Å². The average molecular weight is 773 g/mol. The van der Waals surface area contributed by atoms with Crippen LogP contribution in [0.15, 0.2) is 96.7 Å². The van der Waals surface area contributed by atoms with Gasteiger partial charge in [0.2, 0.25) is 0 Å². The number of aromatic nitrogens is 4. The Balaban J connectivity index is 0.000000156. The van der Waals surface area contributed by atoms with E-state index in [1.165, 1.54) is 65.3 Å². The molecule has 0 aliphatic carbocycles. The number of aliphatic hydroxyl groups is 1. The summed E-state index contributed by atoms with van der Waals surface area (Å²) in [6, 6.07) is 21.1. The average Bonchev–Trinajstić information content (AvgIpc) is 4.01. The lowest BCUT2D eigenvalue weighted by atomic mass is 9.95. The molecule has 0 bridgehead atoms. The van der Waals surface area contributed by atoms with E-state index in [-0.39, 0.29) is 0 Å². The molecular weight excluding hydrogens is 721 g/mol. The van der Waals surface area contributed by atoms with Crippen LogP contribution in [0.5, 0.6) is 0 Å². The first kappa shape index (κ1) is 37.7. The van der Waals surface area contributed by atoms with Gasteiger partial charge in [0.05, 0.1) is 10.8 Å². The van der Waals surface area contributed by atoms with E-state index in [0.717, 1.165) is 91.9 Å². The SMILES string of the molecule is C=CCNCC1CCN(c2ncnc3scc(-c4ccccc4)c23)CC1.OCC1CCN(CC2CCN(c3ncnc4scc(-c5ccccc5)c34)CC2)C1. The maximum Gasteiger partial charge on any atom is 0.141 e. The van der Waals surface area contributed by atoms with E-state index in [0.29, 0.717) is 12.5 Å². The van der Waals surface area contributed by atoms with Crippen molar-refractivity contribution in [2.24, 2.45) is 17.8 Å². The molecule has 9 nitrogen and oxygen atoms in total. The Morgan fingerprint density at radius 3 is 1.67 bits per heavy atom. The Morgan fingerprint density at radius 2 is 1.18 bits per heavy atom. The number of benzene rings is 2. The third-order valence-corrected chi connectivity index (χ3v) is 13.3. The Hall–Kier alpha value is -4.26. The molecule has 11 heteroatoms. The molecule has 1 atom stereocenters. The zero-order valence-corrected chi connectivity index (χ0v) is 33.2. The molecule has 3 aliphatic rings. The molecule has 4 aromatic heterocycles. The van der Waals surface area contributed by atoms with Crippen LogP contribution < -0.4 is 15.1 Å². The standard InChI is InChI=1S/C23H28N4OS.C21H24N4S/c28-14-18-6-9-26(13-18)12-17-7-10-27(11-8-17)22-21-20(19-4-2-1-3-5-19)15-29-23(21)25-16-24-22;1-2-10-22-13-16-8-11-25(12-9-16)20-19-18(17-6-4-3-5-7-17)14-26-21(19)24-15-23-20/h1-5,15-18,28H,6-14H2;2-7,14-16,22H,1,8-13H2. The predicted octanol–water partition coefficient (Wildman–Crippen LogP) is 8.24. The zero-order valence-electron chi connectivity index (χ0n) is 31.6. The number of aliphatic hydroxyl groups excluding tert-OH is 1. The summed E-state index contributed by atoms with van der Waals surface area (Å²) < 4.78 is 0. The minimum absolute atomic E-state index is 0.336. The molecule has 7 heterocycles. The van der Waals surface area contributed by atoms with Gasteiger partial charge >= 0.3 is 0 Å². The van der Waals surface area contributed by atoms with Crippen LogP contribution in [0.25, 0.3) is 42.7 Å². The lowest BCUT2D eigenvalue weighted by Crippen LogP contribution is -2.38. The largest absolute Gasteiger partial charge is 0.396 e. The maximum atomic E-state index is 9.38. The van der Waals surface area contributed by atoms with Crippen LogP contribution in [-0.4, -0.2) is 95.5 Å². The summed E-state index contributed by atoms with van der Waals surface area (Å²) >= 11 is 3.41. The maximum absolute atomic E-state index is 9.38. The highest BCUT2D eigenvalue weighted by Crippen LogP contribution is 2.40. The van der Waals surface area contributed by atoms with Crippen molar-refractivity contribution in [3.63, 3.8) is 0 Å². The number of likely N-dealkylation sites (tertiary alicyclic amines) is 1. The minimum Gasteiger partial charge on any atom is -0.396 e. The van der Waals surface area contributed by atoms with E-state index in [2.05, 4.69) is 113 Å². The fourth-order valence-electron chi connectivity index (χ4n) is 8.52. The molecule has 3 saturated heterocycles. The van der Waals surface area contributed by atoms with Crippen molar-refractivity contribution in [1.29, 1.82) is 0 Å². The Labute approximate surface area is 332 Å². The van der Waals surface area contributed by atoms with E-state index >= 15 is 0 Å². The molecule has 0 amide bonds.